The Morgan fingerprint density at radius 1 is 1.31 bits per heavy atom. The molecule has 0 saturated carbocycles. The molecule has 0 bridgehead atoms. The van der Waals surface area contributed by atoms with Gasteiger partial charge in [0, 0.05) is 25.0 Å². The van der Waals surface area contributed by atoms with Gasteiger partial charge in [0.05, 0.1) is 24.4 Å². The monoisotopic (exact) mass is 356 g/mol. The average molecular weight is 356 g/mol. The molecule has 2 saturated heterocycles. The number of nitrogens with zero attached hydrogens (tertiary/aromatic N) is 3. The van der Waals surface area contributed by atoms with Crippen LogP contribution in [0.15, 0.2) is 24.5 Å². The van der Waals surface area contributed by atoms with Crippen LogP contribution in [0.1, 0.15) is 33.1 Å². The van der Waals surface area contributed by atoms with Crippen LogP contribution in [0, 0.1) is 11.3 Å². The van der Waals surface area contributed by atoms with Gasteiger partial charge in [-0.1, -0.05) is 19.9 Å². The van der Waals surface area contributed by atoms with Crippen molar-refractivity contribution in [2.24, 2.45) is 11.3 Å². The number of amides is 1. The molecule has 6 heteroatoms. The predicted octanol–water partition coefficient (Wildman–Crippen LogP) is 3.26. The van der Waals surface area contributed by atoms with Gasteiger partial charge < -0.3 is 15.0 Å². The van der Waals surface area contributed by atoms with Gasteiger partial charge in [0.2, 0.25) is 0 Å². The summed E-state index contributed by atoms with van der Waals surface area (Å²) < 4.78 is 7.05. The zero-order valence-corrected chi connectivity index (χ0v) is 15.7. The van der Waals surface area contributed by atoms with Crippen molar-refractivity contribution in [1.29, 1.82) is 0 Å². The standard InChI is InChI=1S/C20H28N4O2/c1-15(2)6-9-21-19(25)24-14-22-18-16(4-3-5-17(18)24)23-10-7-20(8-11-23)12-26-13-20/h3-5,14-15H,6-13H2,1-2H3,(H,21,25). The first-order chi connectivity index (χ1) is 12.6. The van der Waals surface area contributed by atoms with Crippen molar-refractivity contribution < 1.29 is 9.53 Å². The number of carbonyl (C=O) groups is 1. The van der Waals surface area contributed by atoms with Gasteiger partial charge >= 0.3 is 6.03 Å². The third-order valence-electron chi connectivity index (χ3n) is 5.75. The Kier molecular flexibility index (Phi) is 4.61. The van der Waals surface area contributed by atoms with Gasteiger partial charge in [0.1, 0.15) is 11.8 Å². The zero-order valence-electron chi connectivity index (χ0n) is 15.7. The Hall–Kier alpha value is -2.08. The third kappa shape index (κ3) is 3.18. The third-order valence-corrected chi connectivity index (χ3v) is 5.75. The van der Waals surface area contributed by atoms with Crippen LogP contribution in [0.2, 0.25) is 0 Å². The molecule has 3 heterocycles. The zero-order chi connectivity index (χ0) is 18.1. The molecule has 2 aliphatic rings. The molecule has 0 atom stereocenters. The lowest BCUT2D eigenvalue weighted by molar-refractivity contribution is -0.124. The summed E-state index contributed by atoms with van der Waals surface area (Å²) in [5.41, 5.74) is 3.33. The topological polar surface area (TPSA) is 59.4 Å². The summed E-state index contributed by atoms with van der Waals surface area (Å²) in [6.07, 6.45) is 4.95. The number of ether oxygens (including phenoxy) is 1. The number of imidazole rings is 1. The molecular weight excluding hydrogens is 328 g/mol. The van der Waals surface area contributed by atoms with Crippen LogP contribution in [0.3, 0.4) is 0 Å². The van der Waals surface area contributed by atoms with Crippen LogP contribution in [-0.2, 0) is 4.74 Å². The fourth-order valence-electron chi connectivity index (χ4n) is 3.90. The van der Waals surface area contributed by atoms with E-state index in [1.807, 2.05) is 12.1 Å². The van der Waals surface area contributed by atoms with Gasteiger partial charge in [-0.25, -0.2) is 9.78 Å². The van der Waals surface area contributed by atoms with Crippen molar-refractivity contribution in [3.63, 3.8) is 0 Å². The second-order valence-corrected chi connectivity index (χ2v) is 8.15. The number of piperidine rings is 1. The molecule has 2 fully saturated rings. The van der Waals surface area contributed by atoms with E-state index in [2.05, 4.69) is 35.1 Å². The van der Waals surface area contributed by atoms with E-state index in [-0.39, 0.29) is 6.03 Å². The van der Waals surface area contributed by atoms with Crippen molar-refractivity contribution in [3.8, 4) is 0 Å². The lowest BCUT2D eigenvalue weighted by Crippen LogP contribution is -2.51. The molecule has 0 unspecified atom stereocenters. The quantitative estimate of drug-likeness (QED) is 0.913. The maximum atomic E-state index is 12.5. The molecule has 1 amide bonds. The smallest absolute Gasteiger partial charge is 0.327 e. The molecule has 1 N–H and O–H groups in total. The summed E-state index contributed by atoms with van der Waals surface area (Å²) in [4.78, 5) is 19.5. The second kappa shape index (κ2) is 6.91. The summed E-state index contributed by atoms with van der Waals surface area (Å²) in [7, 11) is 0. The van der Waals surface area contributed by atoms with Crippen LogP contribution >= 0.6 is 0 Å². The summed E-state index contributed by atoms with van der Waals surface area (Å²) in [5, 5.41) is 2.99. The molecule has 6 nitrogen and oxygen atoms in total. The number of hydrogen-bond donors (Lipinski definition) is 1. The predicted molar refractivity (Wildman–Crippen MR) is 103 cm³/mol. The molecular formula is C20H28N4O2. The van der Waals surface area contributed by atoms with Crippen LogP contribution < -0.4 is 10.2 Å². The molecule has 4 rings (SSSR count). The first-order valence-electron chi connectivity index (χ1n) is 9.65. The molecule has 0 radical (unpaired) electrons. The molecule has 1 aromatic carbocycles. The van der Waals surface area contributed by atoms with Crippen LogP contribution in [0.25, 0.3) is 11.0 Å². The number of nitrogens with one attached hydrogen (secondary N) is 1. The van der Waals surface area contributed by atoms with Crippen molar-refractivity contribution in [2.75, 3.05) is 37.7 Å². The van der Waals surface area contributed by atoms with Gasteiger partial charge in [-0.2, -0.15) is 0 Å². The van der Waals surface area contributed by atoms with Gasteiger partial charge in [-0.05, 0) is 37.3 Å². The van der Waals surface area contributed by atoms with E-state index in [0.717, 1.165) is 49.4 Å². The van der Waals surface area contributed by atoms with Crippen LogP contribution in [0.4, 0.5) is 10.5 Å². The minimum atomic E-state index is -0.102. The minimum absolute atomic E-state index is 0.102. The Morgan fingerprint density at radius 3 is 2.73 bits per heavy atom. The normalized spacial score (nSPS) is 19.1. The summed E-state index contributed by atoms with van der Waals surface area (Å²) >= 11 is 0. The Balaban J connectivity index is 1.51. The first-order valence-corrected chi connectivity index (χ1v) is 9.65. The highest BCUT2D eigenvalue weighted by molar-refractivity contribution is 5.95. The fourth-order valence-corrected chi connectivity index (χ4v) is 3.90. The Bertz CT molecular complexity index is 784. The number of benzene rings is 1. The molecule has 2 aromatic rings. The Labute approximate surface area is 154 Å². The SMILES string of the molecule is CC(C)CCNC(=O)n1cnc2c(N3CCC4(CC3)COC4)cccc21. The molecule has 1 spiro atoms. The molecule has 0 aliphatic carbocycles. The molecule has 140 valence electrons. The fraction of sp³-hybridized carbons (Fsp3) is 0.600. The van der Waals surface area contributed by atoms with E-state index in [0.29, 0.717) is 17.9 Å². The van der Waals surface area contributed by atoms with Crippen molar-refractivity contribution in [2.45, 2.75) is 33.1 Å². The van der Waals surface area contributed by atoms with E-state index < -0.39 is 0 Å². The summed E-state index contributed by atoms with van der Waals surface area (Å²) in [5.74, 6) is 0.574. The van der Waals surface area contributed by atoms with Gasteiger partial charge in [0.25, 0.3) is 0 Å². The van der Waals surface area contributed by atoms with Gasteiger partial charge in [0.15, 0.2) is 0 Å². The van der Waals surface area contributed by atoms with Crippen molar-refractivity contribution >= 4 is 22.8 Å². The largest absolute Gasteiger partial charge is 0.380 e. The van der Waals surface area contributed by atoms with Crippen LogP contribution in [-0.4, -0.2) is 48.4 Å². The Morgan fingerprint density at radius 2 is 2.08 bits per heavy atom. The highest BCUT2D eigenvalue weighted by atomic mass is 16.5. The number of hydrogen-bond acceptors (Lipinski definition) is 4. The molecule has 2 aliphatic heterocycles. The maximum Gasteiger partial charge on any atom is 0.327 e. The van der Waals surface area contributed by atoms with Crippen molar-refractivity contribution in [3.05, 3.63) is 24.5 Å². The highest BCUT2D eigenvalue weighted by Gasteiger charge is 2.41. The minimum Gasteiger partial charge on any atom is -0.380 e. The highest BCUT2D eigenvalue weighted by Crippen LogP contribution is 2.40. The summed E-state index contributed by atoms with van der Waals surface area (Å²) in [6, 6.07) is 6.01. The number of rotatable bonds is 4. The van der Waals surface area contributed by atoms with E-state index >= 15 is 0 Å². The average Bonchev–Trinajstić information content (AvgIpc) is 3.04. The van der Waals surface area contributed by atoms with E-state index in [1.54, 1.807) is 10.9 Å². The number of anilines is 1. The second-order valence-electron chi connectivity index (χ2n) is 8.15. The lowest BCUT2D eigenvalue weighted by atomic mass is 9.77. The molecule has 1 aromatic heterocycles. The van der Waals surface area contributed by atoms with Gasteiger partial charge in [-0.15, -0.1) is 0 Å². The lowest BCUT2D eigenvalue weighted by Gasteiger charge is -2.47. The number of aromatic nitrogens is 2. The van der Waals surface area contributed by atoms with Gasteiger partial charge in [-0.3, -0.25) is 4.57 Å². The van der Waals surface area contributed by atoms with E-state index in [1.165, 1.54) is 12.8 Å². The van der Waals surface area contributed by atoms with Crippen LogP contribution in [0.5, 0.6) is 0 Å². The maximum absolute atomic E-state index is 12.5. The number of fused-ring (bicyclic) bond motifs is 1. The van der Waals surface area contributed by atoms with Crippen molar-refractivity contribution in [1.82, 2.24) is 14.9 Å². The molecule has 26 heavy (non-hydrogen) atoms. The number of carbonyl (C=O) groups excluding carboxylic acids is 1. The first kappa shape index (κ1) is 17.3. The van der Waals surface area contributed by atoms with E-state index in [4.69, 9.17) is 4.74 Å². The number of para-hydroxylation sites is 1. The summed E-state index contributed by atoms with van der Waals surface area (Å²) in [6.45, 7) is 8.87. The van der Waals surface area contributed by atoms with E-state index in [9.17, 15) is 4.79 Å².